The lowest BCUT2D eigenvalue weighted by Crippen LogP contribution is -2.15. The fraction of sp³-hybridized carbons (Fsp3) is 0.333. The number of ether oxygens (including phenoxy) is 1. The molecule has 0 aliphatic carbocycles. The van der Waals surface area contributed by atoms with Crippen molar-refractivity contribution in [3.63, 3.8) is 0 Å². The number of benzene rings is 2. The lowest BCUT2D eigenvalue weighted by atomic mass is 9.92. The average Bonchev–Trinajstić information content (AvgIpc) is 2.52. The Morgan fingerprint density at radius 2 is 1.95 bits per heavy atom. The Labute approximate surface area is 142 Å². The van der Waals surface area contributed by atoms with E-state index in [0.717, 1.165) is 30.8 Å². The van der Waals surface area contributed by atoms with Crippen LogP contribution in [-0.4, -0.2) is 13.2 Å². The first kappa shape index (κ1) is 17.1. The van der Waals surface area contributed by atoms with E-state index in [9.17, 15) is 0 Å². The van der Waals surface area contributed by atoms with Gasteiger partial charge in [-0.3, -0.25) is 0 Å². The predicted molar refractivity (Wildman–Crippen MR) is 94.2 cm³/mol. The number of hydrogen-bond acceptors (Lipinski definition) is 2. The van der Waals surface area contributed by atoms with Crippen LogP contribution in [0.5, 0.6) is 5.75 Å². The number of nitrogens with two attached hydrogens (primary N) is 1. The highest BCUT2D eigenvalue weighted by Crippen LogP contribution is 2.28. The summed E-state index contributed by atoms with van der Waals surface area (Å²) in [4.78, 5) is 0. The molecular weight excluding hydrogens is 317 g/mol. The lowest BCUT2D eigenvalue weighted by molar-refractivity contribution is 0.317. The number of rotatable bonds is 7. The highest BCUT2D eigenvalue weighted by molar-refractivity contribution is 6.35. The van der Waals surface area contributed by atoms with E-state index < -0.39 is 0 Å². The Kier molecular flexibility index (Phi) is 6.56. The zero-order valence-electron chi connectivity index (χ0n) is 12.7. The molecule has 2 rings (SSSR count). The van der Waals surface area contributed by atoms with Crippen molar-refractivity contribution in [2.24, 2.45) is 5.73 Å². The van der Waals surface area contributed by atoms with Crippen LogP contribution in [0.15, 0.2) is 42.5 Å². The van der Waals surface area contributed by atoms with Crippen LogP contribution in [0.1, 0.15) is 30.4 Å². The van der Waals surface area contributed by atoms with Crippen molar-refractivity contribution in [2.75, 3.05) is 13.2 Å². The van der Waals surface area contributed by atoms with Crippen molar-refractivity contribution in [3.8, 4) is 5.75 Å². The van der Waals surface area contributed by atoms with Gasteiger partial charge in [0.05, 0.1) is 6.61 Å². The molecule has 0 spiro atoms. The van der Waals surface area contributed by atoms with Gasteiger partial charge in [-0.15, -0.1) is 0 Å². The Morgan fingerprint density at radius 3 is 2.64 bits per heavy atom. The van der Waals surface area contributed by atoms with Gasteiger partial charge in [0.25, 0.3) is 0 Å². The van der Waals surface area contributed by atoms with Crippen LogP contribution in [0.3, 0.4) is 0 Å². The molecule has 0 heterocycles. The summed E-state index contributed by atoms with van der Waals surface area (Å²) in [5.41, 5.74) is 8.20. The standard InChI is InChI=1S/C18H21Cl2NO/c1-2-8-22-17-5-3-4-13(10-17)15(12-21)9-14-6-7-16(19)11-18(14)20/h3-7,10-11,15H,2,8-9,12,21H2,1H3. The number of hydrogen-bond donors (Lipinski definition) is 1. The summed E-state index contributed by atoms with van der Waals surface area (Å²) in [5.74, 6) is 1.09. The lowest BCUT2D eigenvalue weighted by Gasteiger charge is -2.17. The third-order valence-corrected chi connectivity index (χ3v) is 4.16. The van der Waals surface area contributed by atoms with Crippen LogP contribution in [0, 0.1) is 0 Å². The van der Waals surface area contributed by atoms with Crippen LogP contribution in [-0.2, 0) is 6.42 Å². The summed E-state index contributed by atoms with van der Waals surface area (Å²) in [7, 11) is 0. The van der Waals surface area contributed by atoms with Crippen molar-refractivity contribution < 1.29 is 4.74 Å². The first-order valence-corrected chi connectivity index (χ1v) is 8.26. The molecule has 0 amide bonds. The van der Waals surface area contributed by atoms with E-state index in [-0.39, 0.29) is 5.92 Å². The largest absolute Gasteiger partial charge is 0.494 e. The van der Waals surface area contributed by atoms with Crippen LogP contribution in [0.2, 0.25) is 10.0 Å². The summed E-state index contributed by atoms with van der Waals surface area (Å²) < 4.78 is 5.70. The minimum absolute atomic E-state index is 0.198. The summed E-state index contributed by atoms with van der Waals surface area (Å²) in [6, 6.07) is 13.7. The van der Waals surface area contributed by atoms with Crippen molar-refractivity contribution >= 4 is 23.2 Å². The van der Waals surface area contributed by atoms with Gasteiger partial charge < -0.3 is 10.5 Å². The molecule has 0 saturated carbocycles. The fourth-order valence-corrected chi connectivity index (χ4v) is 2.85. The molecule has 0 radical (unpaired) electrons. The SMILES string of the molecule is CCCOc1cccc(C(CN)Cc2ccc(Cl)cc2Cl)c1. The Bertz CT molecular complexity index is 616. The molecule has 1 atom stereocenters. The maximum atomic E-state index is 6.27. The second kappa shape index (κ2) is 8.42. The molecule has 0 fully saturated rings. The highest BCUT2D eigenvalue weighted by atomic mass is 35.5. The molecule has 2 nitrogen and oxygen atoms in total. The third kappa shape index (κ3) is 4.64. The molecule has 118 valence electrons. The van der Waals surface area contributed by atoms with Gasteiger partial charge in [0.2, 0.25) is 0 Å². The Morgan fingerprint density at radius 1 is 1.14 bits per heavy atom. The van der Waals surface area contributed by atoms with Gasteiger partial charge in [-0.1, -0.05) is 48.3 Å². The van der Waals surface area contributed by atoms with E-state index in [1.54, 1.807) is 6.07 Å². The zero-order chi connectivity index (χ0) is 15.9. The molecule has 22 heavy (non-hydrogen) atoms. The van der Waals surface area contributed by atoms with Gasteiger partial charge in [0.1, 0.15) is 5.75 Å². The second-order valence-corrected chi connectivity index (χ2v) is 6.14. The number of halogens is 2. The monoisotopic (exact) mass is 337 g/mol. The van der Waals surface area contributed by atoms with Crippen molar-refractivity contribution in [1.82, 2.24) is 0 Å². The van der Waals surface area contributed by atoms with Crippen LogP contribution in [0.4, 0.5) is 0 Å². The molecule has 4 heteroatoms. The fourth-order valence-electron chi connectivity index (χ4n) is 2.37. The van der Waals surface area contributed by atoms with E-state index in [2.05, 4.69) is 19.1 Å². The minimum atomic E-state index is 0.198. The summed E-state index contributed by atoms with van der Waals surface area (Å²) in [5, 5.41) is 1.33. The van der Waals surface area contributed by atoms with Gasteiger partial charge in [-0.2, -0.15) is 0 Å². The minimum Gasteiger partial charge on any atom is -0.494 e. The molecular formula is C18H21Cl2NO. The second-order valence-electron chi connectivity index (χ2n) is 5.29. The molecule has 0 aliphatic rings. The van der Waals surface area contributed by atoms with Crippen LogP contribution >= 0.6 is 23.2 Å². The van der Waals surface area contributed by atoms with Gasteiger partial charge >= 0.3 is 0 Å². The highest BCUT2D eigenvalue weighted by Gasteiger charge is 2.13. The Balaban J connectivity index is 2.17. The molecule has 2 aromatic rings. The normalized spacial score (nSPS) is 12.2. The quantitative estimate of drug-likeness (QED) is 0.765. The topological polar surface area (TPSA) is 35.2 Å². The summed E-state index contributed by atoms with van der Waals surface area (Å²) >= 11 is 12.2. The molecule has 2 aromatic carbocycles. The van der Waals surface area contributed by atoms with Gasteiger partial charge in [0.15, 0.2) is 0 Å². The smallest absolute Gasteiger partial charge is 0.119 e. The maximum Gasteiger partial charge on any atom is 0.119 e. The summed E-state index contributed by atoms with van der Waals surface area (Å²) in [6.45, 7) is 3.37. The maximum absolute atomic E-state index is 6.27. The van der Waals surface area contributed by atoms with Gasteiger partial charge in [-0.05, 0) is 54.8 Å². The van der Waals surface area contributed by atoms with Gasteiger partial charge in [-0.25, -0.2) is 0 Å². The van der Waals surface area contributed by atoms with E-state index in [4.69, 9.17) is 33.7 Å². The average molecular weight is 338 g/mol. The predicted octanol–water partition coefficient (Wildman–Crippen LogP) is 5.07. The first-order chi connectivity index (χ1) is 10.6. The molecule has 2 N–H and O–H groups in total. The van der Waals surface area contributed by atoms with Crippen molar-refractivity contribution in [2.45, 2.75) is 25.7 Å². The summed E-state index contributed by atoms with van der Waals surface area (Å²) in [6.07, 6.45) is 1.77. The molecule has 0 bridgehead atoms. The molecule has 0 aromatic heterocycles. The van der Waals surface area contributed by atoms with E-state index in [1.807, 2.05) is 24.3 Å². The van der Waals surface area contributed by atoms with E-state index in [1.165, 1.54) is 5.56 Å². The zero-order valence-corrected chi connectivity index (χ0v) is 14.2. The molecule has 1 unspecified atom stereocenters. The van der Waals surface area contributed by atoms with E-state index in [0.29, 0.717) is 16.6 Å². The van der Waals surface area contributed by atoms with Crippen LogP contribution in [0.25, 0.3) is 0 Å². The van der Waals surface area contributed by atoms with Crippen molar-refractivity contribution in [1.29, 1.82) is 0 Å². The Hall–Kier alpha value is -1.22. The molecule has 0 saturated heterocycles. The van der Waals surface area contributed by atoms with Gasteiger partial charge in [0, 0.05) is 16.0 Å². The van der Waals surface area contributed by atoms with E-state index >= 15 is 0 Å². The third-order valence-electron chi connectivity index (χ3n) is 3.57. The van der Waals surface area contributed by atoms with Crippen molar-refractivity contribution in [3.05, 3.63) is 63.6 Å². The van der Waals surface area contributed by atoms with Crippen LogP contribution < -0.4 is 10.5 Å². The first-order valence-electron chi connectivity index (χ1n) is 7.50. The molecule has 0 aliphatic heterocycles.